The lowest BCUT2D eigenvalue weighted by Gasteiger charge is -2.25. The molecule has 1 saturated carbocycles. The van der Waals surface area contributed by atoms with E-state index in [2.05, 4.69) is 45.1 Å². The molecule has 0 aliphatic heterocycles. The van der Waals surface area contributed by atoms with Gasteiger partial charge in [0.25, 0.3) is 0 Å². The molecule has 1 aromatic carbocycles. The normalized spacial score (nSPS) is 24.7. The van der Waals surface area contributed by atoms with Gasteiger partial charge in [0, 0.05) is 18.6 Å². The lowest BCUT2D eigenvalue weighted by atomic mass is 9.93. The van der Waals surface area contributed by atoms with E-state index in [4.69, 9.17) is 5.73 Å². The highest BCUT2D eigenvalue weighted by Crippen LogP contribution is 2.29. The van der Waals surface area contributed by atoms with Gasteiger partial charge in [0.15, 0.2) is 0 Å². The van der Waals surface area contributed by atoms with E-state index in [9.17, 15) is 0 Å². The molecule has 3 atom stereocenters. The number of nitrogens with one attached hydrogen (secondary N) is 1. The highest BCUT2D eigenvalue weighted by molar-refractivity contribution is 5.40. The third-order valence-corrected chi connectivity index (χ3v) is 4.45. The maximum absolute atomic E-state index is 6.03. The van der Waals surface area contributed by atoms with Crippen molar-refractivity contribution in [3.05, 3.63) is 34.4 Å². The summed E-state index contributed by atoms with van der Waals surface area (Å²) in [6, 6.07) is 5.48. The molecule has 2 rings (SSSR count). The molecule has 1 fully saturated rings. The van der Waals surface area contributed by atoms with Crippen LogP contribution >= 0.6 is 0 Å². The molecule has 1 aliphatic rings. The molecule has 2 heteroatoms. The summed E-state index contributed by atoms with van der Waals surface area (Å²) in [5, 5.41) is 3.79. The van der Waals surface area contributed by atoms with E-state index < -0.39 is 0 Å². The topological polar surface area (TPSA) is 38.0 Å². The van der Waals surface area contributed by atoms with Crippen LogP contribution in [0.3, 0.4) is 0 Å². The van der Waals surface area contributed by atoms with E-state index in [0.717, 1.165) is 5.92 Å². The lowest BCUT2D eigenvalue weighted by molar-refractivity contribution is 0.432. The van der Waals surface area contributed by atoms with Gasteiger partial charge < -0.3 is 11.1 Å². The maximum Gasteiger partial charge on any atom is 0.0451 e. The Morgan fingerprint density at radius 2 is 1.84 bits per heavy atom. The predicted octanol–water partition coefficient (Wildman–Crippen LogP) is 3.39. The van der Waals surface area contributed by atoms with E-state index in [1.807, 2.05) is 0 Å². The van der Waals surface area contributed by atoms with Crippen molar-refractivity contribution >= 4 is 0 Å². The number of hydrogen-bond acceptors (Lipinski definition) is 2. The van der Waals surface area contributed by atoms with Crippen LogP contribution in [0.25, 0.3) is 0 Å². The zero-order valence-corrected chi connectivity index (χ0v) is 12.8. The van der Waals surface area contributed by atoms with Gasteiger partial charge in [0.2, 0.25) is 0 Å². The molecule has 0 heterocycles. The van der Waals surface area contributed by atoms with Gasteiger partial charge >= 0.3 is 0 Å². The van der Waals surface area contributed by atoms with Crippen LogP contribution in [0.4, 0.5) is 0 Å². The molecular formula is C17H28N2. The molecule has 3 unspecified atom stereocenters. The van der Waals surface area contributed by atoms with Gasteiger partial charge in [-0.05, 0) is 62.6 Å². The summed E-state index contributed by atoms with van der Waals surface area (Å²) in [7, 11) is 0. The van der Waals surface area contributed by atoms with Crippen molar-refractivity contribution in [3.8, 4) is 0 Å². The SMILES string of the molecule is Cc1cc(C)c(C(CN)NC2CCC(C)C2)c(C)c1. The molecule has 1 aliphatic carbocycles. The van der Waals surface area contributed by atoms with Crippen molar-refractivity contribution in [1.29, 1.82) is 0 Å². The fraction of sp³-hybridized carbons (Fsp3) is 0.647. The first-order valence-electron chi connectivity index (χ1n) is 7.55. The van der Waals surface area contributed by atoms with Gasteiger partial charge in [-0.15, -0.1) is 0 Å². The Hall–Kier alpha value is -0.860. The molecule has 0 amide bonds. The Bertz CT molecular complexity index is 416. The third-order valence-electron chi connectivity index (χ3n) is 4.45. The van der Waals surface area contributed by atoms with E-state index in [1.54, 1.807) is 0 Å². The minimum Gasteiger partial charge on any atom is -0.329 e. The highest BCUT2D eigenvalue weighted by Gasteiger charge is 2.25. The van der Waals surface area contributed by atoms with Crippen LogP contribution in [-0.4, -0.2) is 12.6 Å². The molecule has 2 nitrogen and oxygen atoms in total. The van der Waals surface area contributed by atoms with Crippen molar-refractivity contribution in [3.63, 3.8) is 0 Å². The molecule has 19 heavy (non-hydrogen) atoms. The minimum absolute atomic E-state index is 0.302. The minimum atomic E-state index is 0.302. The standard InChI is InChI=1S/C17H28N2/c1-11-5-6-15(9-11)19-16(10-18)17-13(3)7-12(2)8-14(17)4/h7-8,11,15-16,19H,5-6,9-10,18H2,1-4H3. The first-order chi connectivity index (χ1) is 9.01. The first-order valence-corrected chi connectivity index (χ1v) is 7.55. The Kier molecular flexibility index (Phi) is 4.64. The van der Waals surface area contributed by atoms with Crippen LogP contribution in [0.5, 0.6) is 0 Å². The molecule has 0 spiro atoms. The summed E-state index contributed by atoms with van der Waals surface area (Å²) in [4.78, 5) is 0. The quantitative estimate of drug-likeness (QED) is 0.871. The van der Waals surface area contributed by atoms with Crippen molar-refractivity contribution in [1.82, 2.24) is 5.32 Å². The lowest BCUT2D eigenvalue weighted by Crippen LogP contribution is -2.36. The summed E-state index contributed by atoms with van der Waals surface area (Å²) < 4.78 is 0. The van der Waals surface area contributed by atoms with Crippen molar-refractivity contribution in [2.24, 2.45) is 11.7 Å². The second kappa shape index (κ2) is 6.06. The van der Waals surface area contributed by atoms with Gasteiger partial charge in [0.05, 0.1) is 0 Å². The van der Waals surface area contributed by atoms with Crippen molar-refractivity contribution in [2.45, 2.75) is 59.0 Å². The summed E-state index contributed by atoms with van der Waals surface area (Å²) in [5.74, 6) is 0.858. The molecule has 0 radical (unpaired) electrons. The summed E-state index contributed by atoms with van der Waals surface area (Å²) in [6.07, 6.45) is 3.93. The average molecular weight is 260 g/mol. The van der Waals surface area contributed by atoms with Crippen molar-refractivity contribution in [2.75, 3.05) is 6.54 Å². The molecule has 1 aromatic rings. The Morgan fingerprint density at radius 3 is 2.32 bits per heavy atom. The van der Waals surface area contributed by atoms with Crippen LogP contribution < -0.4 is 11.1 Å². The fourth-order valence-electron chi connectivity index (χ4n) is 3.65. The predicted molar refractivity (Wildman–Crippen MR) is 82.4 cm³/mol. The molecule has 0 aromatic heterocycles. The van der Waals surface area contributed by atoms with E-state index in [-0.39, 0.29) is 0 Å². The Labute approximate surface area is 117 Å². The van der Waals surface area contributed by atoms with Gasteiger partial charge in [0.1, 0.15) is 0 Å². The zero-order valence-electron chi connectivity index (χ0n) is 12.8. The molecule has 3 N–H and O–H groups in total. The van der Waals surface area contributed by atoms with Crippen LogP contribution in [0.15, 0.2) is 12.1 Å². The molecule has 0 saturated heterocycles. The highest BCUT2D eigenvalue weighted by atomic mass is 15.0. The summed E-state index contributed by atoms with van der Waals surface area (Å²) in [6.45, 7) is 9.60. The molecular weight excluding hydrogens is 232 g/mol. The average Bonchev–Trinajstić information content (AvgIpc) is 2.72. The van der Waals surface area contributed by atoms with Crippen LogP contribution in [-0.2, 0) is 0 Å². The smallest absolute Gasteiger partial charge is 0.0451 e. The third kappa shape index (κ3) is 3.37. The van der Waals surface area contributed by atoms with E-state index in [0.29, 0.717) is 18.6 Å². The Morgan fingerprint density at radius 1 is 1.21 bits per heavy atom. The zero-order chi connectivity index (χ0) is 14.0. The van der Waals surface area contributed by atoms with Crippen LogP contribution in [0, 0.1) is 26.7 Å². The van der Waals surface area contributed by atoms with Crippen molar-refractivity contribution < 1.29 is 0 Å². The van der Waals surface area contributed by atoms with Gasteiger partial charge in [-0.3, -0.25) is 0 Å². The number of aryl methyl sites for hydroxylation is 3. The fourth-order valence-corrected chi connectivity index (χ4v) is 3.65. The second-order valence-electron chi connectivity index (χ2n) is 6.38. The second-order valence-corrected chi connectivity index (χ2v) is 6.38. The van der Waals surface area contributed by atoms with Gasteiger partial charge in [-0.25, -0.2) is 0 Å². The number of benzene rings is 1. The van der Waals surface area contributed by atoms with E-state index in [1.165, 1.54) is 41.5 Å². The van der Waals surface area contributed by atoms with Crippen LogP contribution in [0.1, 0.15) is 54.5 Å². The number of rotatable bonds is 4. The first kappa shape index (κ1) is 14.5. The van der Waals surface area contributed by atoms with Gasteiger partial charge in [-0.1, -0.05) is 24.6 Å². The number of hydrogen-bond donors (Lipinski definition) is 2. The van der Waals surface area contributed by atoms with Crippen LogP contribution in [0.2, 0.25) is 0 Å². The molecule has 0 bridgehead atoms. The van der Waals surface area contributed by atoms with Gasteiger partial charge in [-0.2, -0.15) is 0 Å². The largest absolute Gasteiger partial charge is 0.329 e. The van der Waals surface area contributed by atoms with E-state index >= 15 is 0 Å². The molecule has 106 valence electrons. The maximum atomic E-state index is 6.03. The Balaban J connectivity index is 2.17. The monoisotopic (exact) mass is 260 g/mol. The summed E-state index contributed by atoms with van der Waals surface area (Å²) >= 11 is 0. The summed E-state index contributed by atoms with van der Waals surface area (Å²) in [5.41, 5.74) is 11.5. The number of nitrogens with two attached hydrogens (primary N) is 1.